The van der Waals surface area contributed by atoms with Gasteiger partial charge in [-0.1, -0.05) is 13.8 Å². The lowest BCUT2D eigenvalue weighted by Gasteiger charge is -2.40. The smallest absolute Gasteiger partial charge is 0.307 e. The molecule has 0 aromatic carbocycles. The first kappa shape index (κ1) is 19.1. The van der Waals surface area contributed by atoms with E-state index in [2.05, 4.69) is 28.7 Å². The molecule has 0 unspecified atom stereocenters. The Bertz CT molecular complexity index is 839. The Labute approximate surface area is 160 Å². The molecule has 0 amide bonds. The minimum Gasteiger partial charge on any atom is -0.481 e. The van der Waals surface area contributed by atoms with Crippen LogP contribution in [0.2, 0.25) is 0 Å². The van der Waals surface area contributed by atoms with Crippen LogP contribution in [-0.4, -0.2) is 41.2 Å². The summed E-state index contributed by atoms with van der Waals surface area (Å²) in [5.74, 6) is -0.318. The lowest BCUT2D eigenvalue weighted by molar-refractivity contribution is -0.136. The van der Waals surface area contributed by atoms with Crippen molar-refractivity contribution in [2.75, 3.05) is 25.1 Å². The molecule has 6 heteroatoms. The number of aliphatic carboxylic acids is 1. The molecule has 144 valence electrons. The second kappa shape index (κ2) is 7.55. The number of aromatic nitrogens is 2. The number of aryl methyl sites for hydroxylation is 1. The highest BCUT2D eigenvalue weighted by Crippen LogP contribution is 2.40. The number of pyridine rings is 2. The minimum absolute atomic E-state index is 0.0376. The summed E-state index contributed by atoms with van der Waals surface area (Å²) < 4.78 is 5.27. The molecule has 1 saturated heterocycles. The Balaban J connectivity index is 2.13. The molecule has 0 saturated carbocycles. The molecule has 6 nitrogen and oxygen atoms in total. The van der Waals surface area contributed by atoms with Crippen LogP contribution in [0.25, 0.3) is 11.1 Å². The maximum absolute atomic E-state index is 11.5. The molecule has 3 heterocycles. The highest BCUT2D eigenvalue weighted by atomic mass is 16.5. The van der Waals surface area contributed by atoms with Crippen molar-refractivity contribution >= 4 is 11.7 Å². The SMILES string of the molecule is COc1cc(-c2cnc(C)c(CC(=O)O)c2N2CCC(C)(C)CC2)ccn1. The van der Waals surface area contributed by atoms with Gasteiger partial charge in [-0.2, -0.15) is 0 Å². The van der Waals surface area contributed by atoms with Crippen LogP contribution in [-0.2, 0) is 11.2 Å². The summed E-state index contributed by atoms with van der Waals surface area (Å²) in [6, 6.07) is 3.78. The fraction of sp³-hybridized carbons (Fsp3) is 0.476. The molecule has 27 heavy (non-hydrogen) atoms. The third-order valence-electron chi connectivity index (χ3n) is 5.38. The molecule has 1 aliphatic heterocycles. The minimum atomic E-state index is -0.844. The van der Waals surface area contributed by atoms with Gasteiger partial charge in [0.2, 0.25) is 5.88 Å². The fourth-order valence-corrected chi connectivity index (χ4v) is 3.59. The van der Waals surface area contributed by atoms with Gasteiger partial charge in [-0.05, 0) is 36.8 Å². The number of hydrogen-bond donors (Lipinski definition) is 1. The Kier molecular flexibility index (Phi) is 5.35. The molecule has 0 spiro atoms. The van der Waals surface area contributed by atoms with Crippen molar-refractivity contribution in [3.63, 3.8) is 0 Å². The highest BCUT2D eigenvalue weighted by Gasteiger charge is 2.29. The van der Waals surface area contributed by atoms with E-state index in [9.17, 15) is 9.90 Å². The standard InChI is InChI=1S/C21H27N3O3/c1-14-16(12-19(25)26)20(24-9-6-21(2,3)7-10-24)17(13-23-14)15-5-8-22-18(11-15)27-4/h5,8,11,13H,6-7,9-10,12H2,1-4H3,(H,25,26). The second-order valence-corrected chi connectivity index (χ2v) is 7.89. The Morgan fingerprint density at radius 1 is 1.30 bits per heavy atom. The summed E-state index contributed by atoms with van der Waals surface area (Å²) in [5.41, 5.74) is 4.70. The molecule has 2 aromatic heterocycles. The third kappa shape index (κ3) is 4.21. The normalized spacial score (nSPS) is 16.2. The van der Waals surface area contributed by atoms with Gasteiger partial charge in [0.15, 0.2) is 0 Å². The van der Waals surface area contributed by atoms with Crippen LogP contribution >= 0.6 is 0 Å². The van der Waals surface area contributed by atoms with E-state index in [1.165, 1.54) is 0 Å². The molecular weight excluding hydrogens is 342 g/mol. The number of methoxy groups -OCH3 is 1. The van der Waals surface area contributed by atoms with E-state index < -0.39 is 5.97 Å². The first-order valence-electron chi connectivity index (χ1n) is 9.26. The van der Waals surface area contributed by atoms with Crippen molar-refractivity contribution in [3.8, 4) is 17.0 Å². The van der Waals surface area contributed by atoms with Gasteiger partial charge in [-0.15, -0.1) is 0 Å². The highest BCUT2D eigenvalue weighted by molar-refractivity contribution is 5.84. The zero-order chi connectivity index (χ0) is 19.6. The van der Waals surface area contributed by atoms with Gasteiger partial charge in [0, 0.05) is 48.4 Å². The maximum atomic E-state index is 11.5. The van der Waals surface area contributed by atoms with E-state index in [-0.39, 0.29) is 6.42 Å². The number of anilines is 1. The number of piperidine rings is 1. The van der Waals surface area contributed by atoms with Crippen LogP contribution in [0.5, 0.6) is 5.88 Å². The number of nitrogens with zero attached hydrogens (tertiary/aromatic N) is 3. The quantitative estimate of drug-likeness (QED) is 0.866. The van der Waals surface area contributed by atoms with Gasteiger partial charge in [0.1, 0.15) is 0 Å². The van der Waals surface area contributed by atoms with Crippen molar-refractivity contribution in [1.82, 2.24) is 9.97 Å². The molecule has 0 bridgehead atoms. The van der Waals surface area contributed by atoms with Gasteiger partial charge in [0.05, 0.1) is 19.2 Å². The number of carbonyl (C=O) groups is 1. The average Bonchev–Trinajstić information content (AvgIpc) is 2.63. The second-order valence-electron chi connectivity index (χ2n) is 7.89. The summed E-state index contributed by atoms with van der Waals surface area (Å²) in [7, 11) is 1.59. The molecule has 1 aliphatic rings. The zero-order valence-electron chi connectivity index (χ0n) is 16.5. The van der Waals surface area contributed by atoms with E-state index in [1.807, 2.05) is 25.3 Å². The van der Waals surface area contributed by atoms with Crippen LogP contribution < -0.4 is 9.64 Å². The molecule has 0 radical (unpaired) electrons. The summed E-state index contributed by atoms with van der Waals surface area (Å²) in [5, 5.41) is 9.46. The van der Waals surface area contributed by atoms with E-state index in [0.717, 1.165) is 54.0 Å². The lowest BCUT2D eigenvalue weighted by Crippen LogP contribution is -2.38. The Morgan fingerprint density at radius 3 is 2.63 bits per heavy atom. The molecule has 0 atom stereocenters. The average molecular weight is 369 g/mol. The van der Waals surface area contributed by atoms with Crippen LogP contribution in [0.15, 0.2) is 24.5 Å². The summed E-state index contributed by atoms with van der Waals surface area (Å²) in [6.07, 6.45) is 5.64. The van der Waals surface area contributed by atoms with Crippen LogP contribution in [0.3, 0.4) is 0 Å². The first-order valence-corrected chi connectivity index (χ1v) is 9.26. The lowest BCUT2D eigenvalue weighted by atomic mass is 9.82. The Morgan fingerprint density at radius 2 is 2.00 bits per heavy atom. The molecule has 2 aromatic rings. The van der Waals surface area contributed by atoms with Crippen LogP contribution in [0.4, 0.5) is 5.69 Å². The third-order valence-corrected chi connectivity index (χ3v) is 5.38. The summed E-state index contributed by atoms with van der Waals surface area (Å²) in [6.45, 7) is 8.26. The largest absolute Gasteiger partial charge is 0.481 e. The van der Waals surface area contributed by atoms with Crippen LogP contribution in [0.1, 0.15) is 37.9 Å². The van der Waals surface area contributed by atoms with Gasteiger partial charge in [0.25, 0.3) is 0 Å². The van der Waals surface area contributed by atoms with Gasteiger partial charge < -0.3 is 14.7 Å². The van der Waals surface area contributed by atoms with Gasteiger partial charge >= 0.3 is 5.97 Å². The van der Waals surface area contributed by atoms with E-state index >= 15 is 0 Å². The molecule has 1 fully saturated rings. The van der Waals surface area contributed by atoms with E-state index in [0.29, 0.717) is 11.3 Å². The summed E-state index contributed by atoms with van der Waals surface area (Å²) in [4.78, 5) is 22.5. The summed E-state index contributed by atoms with van der Waals surface area (Å²) >= 11 is 0. The van der Waals surface area contributed by atoms with Crippen molar-refractivity contribution in [1.29, 1.82) is 0 Å². The molecule has 1 N–H and O–H groups in total. The predicted molar refractivity (Wildman–Crippen MR) is 105 cm³/mol. The van der Waals surface area contributed by atoms with Crippen LogP contribution in [0, 0.1) is 12.3 Å². The Hall–Kier alpha value is -2.63. The number of rotatable bonds is 5. The molecule has 0 aliphatic carbocycles. The monoisotopic (exact) mass is 369 g/mol. The molecule has 3 rings (SSSR count). The zero-order valence-corrected chi connectivity index (χ0v) is 16.5. The number of carboxylic acid groups (broad SMARTS) is 1. The van der Waals surface area contributed by atoms with Crippen molar-refractivity contribution in [2.45, 2.75) is 40.0 Å². The fourth-order valence-electron chi connectivity index (χ4n) is 3.59. The first-order chi connectivity index (χ1) is 12.8. The number of hydrogen-bond acceptors (Lipinski definition) is 5. The van der Waals surface area contributed by atoms with E-state index in [1.54, 1.807) is 13.3 Å². The van der Waals surface area contributed by atoms with Crippen molar-refractivity contribution in [2.24, 2.45) is 5.41 Å². The topological polar surface area (TPSA) is 75.6 Å². The molecular formula is C21H27N3O3. The number of ether oxygens (including phenoxy) is 1. The van der Waals surface area contributed by atoms with Crippen molar-refractivity contribution in [3.05, 3.63) is 35.8 Å². The maximum Gasteiger partial charge on any atom is 0.307 e. The van der Waals surface area contributed by atoms with Crippen molar-refractivity contribution < 1.29 is 14.6 Å². The van der Waals surface area contributed by atoms with Gasteiger partial charge in [-0.25, -0.2) is 4.98 Å². The van der Waals surface area contributed by atoms with Gasteiger partial charge in [-0.3, -0.25) is 9.78 Å². The predicted octanol–water partition coefficient (Wildman–Crippen LogP) is 3.71. The number of carboxylic acids is 1. The van der Waals surface area contributed by atoms with E-state index in [4.69, 9.17) is 4.74 Å².